The number of carbonyl (C=O) groups excluding carboxylic acids is 1. The third-order valence-electron chi connectivity index (χ3n) is 6.04. The first kappa shape index (κ1) is 19.2. The Bertz CT molecular complexity index is 1240. The third-order valence-corrected chi connectivity index (χ3v) is 6.04. The molecule has 2 amide bonds. The molecule has 0 bridgehead atoms. The van der Waals surface area contributed by atoms with Gasteiger partial charge in [0.1, 0.15) is 5.75 Å². The molecule has 0 aliphatic carbocycles. The fourth-order valence-corrected chi connectivity index (χ4v) is 4.49. The van der Waals surface area contributed by atoms with E-state index in [1.165, 1.54) is 16.5 Å². The van der Waals surface area contributed by atoms with Crippen LogP contribution in [0.3, 0.4) is 0 Å². The first-order chi connectivity index (χ1) is 15.2. The number of rotatable bonds is 3. The molecule has 4 aromatic rings. The van der Waals surface area contributed by atoms with Crippen LogP contribution in [0.5, 0.6) is 5.75 Å². The highest BCUT2D eigenvalue weighted by Gasteiger charge is 2.34. The molecule has 2 heterocycles. The summed E-state index contributed by atoms with van der Waals surface area (Å²) in [7, 11) is 1.61. The van der Waals surface area contributed by atoms with Crippen LogP contribution in [0.1, 0.15) is 28.4 Å². The SMILES string of the molecule is COc1ccccc1NC(=O)N1CCc2c([nH]c3ccccc23)C1c1ccc(C)cc1. The summed E-state index contributed by atoms with van der Waals surface area (Å²) in [5.41, 5.74) is 6.44. The van der Waals surface area contributed by atoms with Gasteiger partial charge in [0.25, 0.3) is 0 Å². The average Bonchev–Trinajstić information content (AvgIpc) is 3.18. The summed E-state index contributed by atoms with van der Waals surface area (Å²) in [6.45, 7) is 2.71. The molecule has 5 heteroatoms. The molecule has 1 aromatic heterocycles. The first-order valence-corrected chi connectivity index (χ1v) is 10.5. The Hall–Kier alpha value is -3.73. The van der Waals surface area contributed by atoms with Crippen LogP contribution >= 0.6 is 0 Å². The summed E-state index contributed by atoms with van der Waals surface area (Å²) in [5.74, 6) is 0.644. The molecule has 1 unspecified atom stereocenters. The zero-order valence-electron chi connectivity index (χ0n) is 17.7. The van der Waals surface area contributed by atoms with Crippen molar-refractivity contribution >= 4 is 22.6 Å². The molecular formula is C26H25N3O2. The number of urea groups is 1. The van der Waals surface area contributed by atoms with E-state index < -0.39 is 0 Å². The van der Waals surface area contributed by atoms with Crippen molar-refractivity contribution in [1.82, 2.24) is 9.88 Å². The minimum Gasteiger partial charge on any atom is -0.495 e. The summed E-state index contributed by atoms with van der Waals surface area (Å²) < 4.78 is 5.41. The van der Waals surface area contributed by atoms with Gasteiger partial charge in [0.05, 0.1) is 18.8 Å². The van der Waals surface area contributed by atoms with Crippen molar-refractivity contribution in [3.8, 4) is 5.75 Å². The normalized spacial score (nSPS) is 15.5. The number of hydrogen-bond donors (Lipinski definition) is 2. The molecule has 5 nitrogen and oxygen atoms in total. The van der Waals surface area contributed by atoms with Gasteiger partial charge in [-0.05, 0) is 42.7 Å². The third kappa shape index (κ3) is 3.42. The number of ether oxygens (including phenoxy) is 1. The van der Waals surface area contributed by atoms with E-state index in [1.54, 1.807) is 7.11 Å². The molecular weight excluding hydrogens is 386 g/mol. The van der Waals surface area contributed by atoms with Crippen LogP contribution in [0.4, 0.5) is 10.5 Å². The maximum Gasteiger partial charge on any atom is 0.322 e. The van der Waals surface area contributed by atoms with Gasteiger partial charge < -0.3 is 19.9 Å². The van der Waals surface area contributed by atoms with Gasteiger partial charge in [0.2, 0.25) is 0 Å². The van der Waals surface area contributed by atoms with E-state index in [2.05, 4.69) is 59.7 Å². The number of benzene rings is 3. The summed E-state index contributed by atoms with van der Waals surface area (Å²) in [6, 6.07) is 23.9. The lowest BCUT2D eigenvalue weighted by Gasteiger charge is -2.36. The van der Waals surface area contributed by atoms with Crippen LogP contribution in [-0.2, 0) is 6.42 Å². The quantitative estimate of drug-likeness (QED) is 0.457. The highest BCUT2D eigenvalue weighted by Crippen LogP contribution is 2.39. The molecule has 1 atom stereocenters. The number of carbonyl (C=O) groups is 1. The van der Waals surface area contributed by atoms with Gasteiger partial charge in [-0.1, -0.05) is 60.2 Å². The molecule has 5 rings (SSSR count). The fourth-order valence-electron chi connectivity index (χ4n) is 4.49. The zero-order valence-corrected chi connectivity index (χ0v) is 17.7. The number of anilines is 1. The molecule has 3 aromatic carbocycles. The number of nitrogens with zero attached hydrogens (tertiary/aromatic N) is 1. The molecule has 0 radical (unpaired) electrons. The summed E-state index contributed by atoms with van der Waals surface area (Å²) in [4.78, 5) is 19.0. The number of amides is 2. The van der Waals surface area contributed by atoms with Crippen LogP contribution in [-0.4, -0.2) is 29.6 Å². The maximum atomic E-state index is 13.5. The van der Waals surface area contributed by atoms with Crippen molar-refractivity contribution in [3.05, 3.63) is 95.2 Å². The highest BCUT2D eigenvalue weighted by molar-refractivity contribution is 5.92. The van der Waals surface area contributed by atoms with Gasteiger partial charge in [-0.25, -0.2) is 4.79 Å². The molecule has 1 aliphatic rings. The Morgan fingerprint density at radius 3 is 2.58 bits per heavy atom. The highest BCUT2D eigenvalue weighted by atomic mass is 16.5. The van der Waals surface area contributed by atoms with Crippen molar-refractivity contribution in [2.24, 2.45) is 0 Å². The van der Waals surface area contributed by atoms with Crippen molar-refractivity contribution in [2.45, 2.75) is 19.4 Å². The number of H-pyrrole nitrogens is 1. The Kier molecular flexibility index (Phi) is 4.86. The second-order valence-corrected chi connectivity index (χ2v) is 7.95. The standard InChI is InChI=1S/C26H25N3O2/c1-17-11-13-18(14-12-17)25-24-20(19-7-3-4-8-21(19)27-24)15-16-29(25)26(30)28-22-9-5-6-10-23(22)31-2/h3-14,25,27H,15-16H2,1-2H3,(H,28,30). The molecule has 0 saturated heterocycles. The maximum absolute atomic E-state index is 13.5. The van der Waals surface area contributed by atoms with E-state index in [1.807, 2.05) is 35.2 Å². The monoisotopic (exact) mass is 411 g/mol. The van der Waals surface area contributed by atoms with Crippen molar-refractivity contribution in [1.29, 1.82) is 0 Å². The van der Waals surface area contributed by atoms with Gasteiger partial charge in [0.15, 0.2) is 0 Å². The van der Waals surface area contributed by atoms with E-state index in [0.717, 1.165) is 23.2 Å². The van der Waals surface area contributed by atoms with Crippen molar-refractivity contribution in [3.63, 3.8) is 0 Å². The number of aromatic nitrogens is 1. The van der Waals surface area contributed by atoms with E-state index in [0.29, 0.717) is 18.0 Å². The summed E-state index contributed by atoms with van der Waals surface area (Å²) in [5, 5.41) is 4.29. The summed E-state index contributed by atoms with van der Waals surface area (Å²) in [6.07, 6.45) is 0.807. The zero-order chi connectivity index (χ0) is 21.4. The predicted octanol–water partition coefficient (Wildman–Crippen LogP) is 5.66. The summed E-state index contributed by atoms with van der Waals surface area (Å²) >= 11 is 0. The largest absolute Gasteiger partial charge is 0.495 e. The minimum absolute atomic E-state index is 0.139. The number of aromatic amines is 1. The predicted molar refractivity (Wildman–Crippen MR) is 124 cm³/mol. The average molecular weight is 412 g/mol. The van der Waals surface area contributed by atoms with Crippen LogP contribution in [0.25, 0.3) is 10.9 Å². The Balaban J connectivity index is 1.57. The van der Waals surface area contributed by atoms with Gasteiger partial charge >= 0.3 is 6.03 Å². The van der Waals surface area contributed by atoms with Crippen LogP contribution < -0.4 is 10.1 Å². The second kappa shape index (κ2) is 7.84. The Morgan fingerprint density at radius 2 is 1.77 bits per heavy atom. The van der Waals surface area contributed by atoms with Gasteiger partial charge in [0, 0.05) is 23.1 Å². The lowest BCUT2D eigenvalue weighted by atomic mass is 9.92. The van der Waals surface area contributed by atoms with Crippen molar-refractivity contribution < 1.29 is 9.53 Å². The Labute approximate surface area is 181 Å². The van der Waals surface area contributed by atoms with Gasteiger partial charge in [-0.3, -0.25) is 0 Å². The molecule has 1 aliphatic heterocycles. The number of fused-ring (bicyclic) bond motifs is 3. The molecule has 0 fully saturated rings. The van der Waals surface area contributed by atoms with E-state index in [4.69, 9.17) is 4.74 Å². The van der Waals surface area contributed by atoms with Crippen LogP contribution in [0.15, 0.2) is 72.8 Å². The Morgan fingerprint density at radius 1 is 1.03 bits per heavy atom. The number of aryl methyl sites for hydroxylation is 1. The van der Waals surface area contributed by atoms with E-state index in [-0.39, 0.29) is 12.1 Å². The molecule has 2 N–H and O–H groups in total. The molecule has 31 heavy (non-hydrogen) atoms. The lowest BCUT2D eigenvalue weighted by molar-refractivity contribution is 0.193. The minimum atomic E-state index is -0.188. The number of nitrogens with one attached hydrogen (secondary N) is 2. The number of hydrogen-bond acceptors (Lipinski definition) is 2. The van der Waals surface area contributed by atoms with Gasteiger partial charge in [-0.15, -0.1) is 0 Å². The number of methoxy groups -OCH3 is 1. The molecule has 0 saturated carbocycles. The van der Waals surface area contributed by atoms with Crippen LogP contribution in [0.2, 0.25) is 0 Å². The van der Waals surface area contributed by atoms with Crippen LogP contribution in [0, 0.1) is 6.92 Å². The smallest absolute Gasteiger partial charge is 0.322 e. The molecule has 0 spiro atoms. The van der Waals surface area contributed by atoms with E-state index >= 15 is 0 Å². The first-order valence-electron chi connectivity index (χ1n) is 10.5. The van der Waals surface area contributed by atoms with E-state index in [9.17, 15) is 4.79 Å². The topological polar surface area (TPSA) is 57.4 Å². The molecule has 156 valence electrons. The number of para-hydroxylation sites is 3. The lowest BCUT2D eigenvalue weighted by Crippen LogP contribution is -2.43. The van der Waals surface area contributed by atoms with Crippen molar-refractivity contribution in [2.75, 3.05) is 19.0 Å². The second-order valence-electron chi connectivity index (χ2n) is 7.95. The fraction of sp³-hybridized carbons (Fsp3) is 0.192. The van der Waals surface area contributed by atoms with Gasteiger partial charge in [-0.2, -0.15) is 0 Å².